The molecule has 0 atom stereocenters. The molecule has 0 amide bonds. The van der Waals surface area contributed by atoms with E-state index in [9.17, 15) is 5.11 Å². The van der Waals surface area contributed by atoms with Crippen LogP contribution in [0.2, 0.25) is 0 Å². The summed E-state index contributed by atoms with van der Waals surface area (Å²) in [4.78, 5) is 0. The molecule has 0 aliphatic carbocycles. The molecule has 0 saturated heterocycles. The van der Waals surface area contributed by atoms with E-state index in [0.29, 0.717) is 5.75 Å². The van der Waals surface area contributed by atoms with Crippen molar-refractivity contribution in [2.24, 2.45) is 0 Å². The second kappa shape index (κ2) is 16.2. The van der Waals surface area contributed by atoms with Gasteiger partial charge in [-0.25, -0.2) is 0 Å². The van der Waals surface area contributed by atoms with Crippen LogP contribution in [0.4, 0.5) is 0 Å². The third-order valence-electron chi connectivity index (χ3n) is 4.96. The molecule has 0 aromatic heterocycles. The van der Waals surface area contributed by atoms with E-state index in [-0.39, 0.29) is 0 Å². The van der Waals surface area contributed by atoms with Gasteiger partial charge in [-0.2, -0.15) is 0 Å². The first kappa shape index (κ1) is 21.8. The van der Waals surface area contributed by atoms with Gasteiger partial charge in [0.05, 0.1) is 0 Å². The Kier molecular flexibility index (Phi) is 14.2. The first-order valence-corrected chi connectivity index (χ1v) is 10.8. The van der Waals surface area contributed by atoms with Gasteiger partial charge in [-0.15, -0.1) is 0 Å². The van der Waals surface area contributed by atoms with Gasteiger partial charge in [0, 0.05) is 5.56 Å². The SMILES string of the molecule is CCCCCCCCCCCCCCCC/C=C/c1ccccc1O. The van der Waals surface area contributed by atoms with Crippen molar-refractivity contribution in [1.82, 2.24) is 0 Å². The molecule has 1 aromatic rings. The Bertz CT molecular complexity index is 435. The lowest BCUT2D eigenvalue weighted by atomic mass is 10.0. The number of allylic oxidation sites excluding steroid dienone is 1. The van der Waals surface area contributed by atoms with Gasteiger partial charge in [0.2, 0.25) is 0 Å². The molecule has 1 N–H and O–H groups in total. The predicted octanol–water partition coefficient (Wildman–Crippen LogP) is 8.28. The highest BCUT2D eigenvalue weighted by molar-refractivity contribution is 5.56. The van der Waals surface area contributed by atoms with Crippen molar-refractivity contribution in [3.63, 3.8) is 0 Å². The average molecular weight is 345 g/mol. The zero-order valence-corrected chi connectivity index (χ0v) is 16.5. The highest BCUT2D eigenvalue weighted by Crippen LogP contribution is 2.18. The van der Waals surface area contributed by atoms with Gasteiger partial charge in [-0.3, -0.25) is 0 Å². The number of phenolic OH excluding ortho intramolecular Hbond substituents is 1. The Balaban J connectivity index is 1.81. The van der Waals surface area contributed by atoms with Gasteiger partial charge in [-0.05, 0) is 18.9 Å². The third-order valence-corrected chi connectivity index (χ3v) is 4.96. The minimum absolute atomic E-state index is 0.375. The van der Waals surface area contributed by atoms with Crippen molar-refractivity contribution in [3.05, 3.63) is 35.9 Å². The van der Waals surface area contributed by atoms with E-state index in [1.165, 1.54) is 89.9 Å². The summed E-state index contributed by atoms with van der Waals surface area (Å²) in [5.74, 6) is 0.375. The fraction of sp³-hybridized carbons (Fsp3) is 0.667. The van der Waals surface area contributed by atoms with Crippen LogP contribution < -0.4 is 0 Å². The van der Waals surface area contributed by atoms with Crippen LogP contribution in [-0.4, -0.2) is 5.11 Å². The monoisotopic (exact) mass is 344 g/mol. The Labute approximate surface area is 156 Å². The number of benzene rings is 1. The van der Waals surface area contributed by atoms with Gasteiger partial charge < -0.3 is 5.11 Å². The maximum absolute atomic E-state index is 9.68. The van der Waals surface area contributed by atoms with Crippen LogP contribution in [0.5, 0.6) is 5.75 Å². The second-order valence-corrected chi connectivity index (χ2v) is 7.35. The molecule has 1 nitrogen and oxygen atoms in total. The third kappa shape index (κ3) is 12.7. The molecular formula is C24H40O. The zero-order valence-electron chi connectivity index (χ0n) is 16.5. The van der Waals surface area contributed by atoms with Crippen LogP contribution in [0.15, 0.2) is 30.3 Å². The Hall–Kier alpha value is -1.24. The lowest BCUT2D eigenvalue weighted by molar-refractivity contribution is 0.474. The van der Waals surface area contributed by atoms with Crippen molar-refractivity contribution < 1.29 is 5.11 Å². The Morgan fingerprint density at radius 1 is 0.680 bits per heavy atom. The minimum atomic E-state index is 0.375. The quantitative estimate of drug-likeness (QED) is 0.299. The van der Waals surface area contributed by atoms with Crippen LogP contribution in [-0.2, 0) is 0 Å². The van der Waals surface area contributed by atoms with E-state index >= 15 is 0 Å². The Morgan fingerprint density at radius 2 is 1.16 bits per heavy atom. The number of phenols is 1. The minimum Gasteiger partial charge on any atom is -0.507 e. The topological polar surface area (TPSA) is 20.2 Å². The highest BCUT2D eigenvalue weighted by atomic mass is 16.3. The van der Waals surface area contributed by atoms with Crippen molar-refractivity contribution in [2.45, 2.75) is 103 Å². The summed E-state index contributed by atoms with van der Waals surface area (Å²) in [5.41, 5.74) is 0.924. The maximum Gasteiger partial charge on any atom is 0.122 e. The molecule has 0 aliphatic rings. The molecule has 0 saturated carbocycles. The van der Waals surface area contributed by atoms with Crippen molar-refractivity contribution in [1.29, 1.82) is 0 Å². The number of para-hydroxylation sites is 1. The summed E-state index contributed by atoms with van der Waals surface area (Å²) in [6.45, 7) is 2.28. The van der Waals surface area contributed by atoms with Crippen molar-refractivity contribution in [3.8, 4) is 5.75 Å². The van der Waals surface area contributed by atoms with E-state index in [2.05, 4.69) is 13.0 Å². The van der Waals surface area contributed by atoms with Crippen LogP contribution >= 0.6 is 0 Å². The fourth-order valence-corrected chi connectivity index (χ4v) is 3.30. The van der Waals surface area contributed by atoms with Crippen molar-refractivity contribution >= 4 is 6.08 Å². The zero-order chi connectivity index (χ0) is 18.0. The lowest BCUT2D eigenvalue weighted by Gasteiger charge is -2.03. The largest absolute Gasteiger partial charge is 0.507 e. The number of hydrogen-bond acceptors (Lipinski definition) is 1. The average Bonchev–Trinajstić information content (AvgIpc) is 2.63. The molecule has 0 heterocycles. The second-order valence-electron chi connectivity index (χ2n) is 7.35. The summed E-state index contributed by atoms with van der Waals surface area (Å²) in [5, 5.41) is 9.68. The predicted molar refractivity (Wildman–Crippen MR) is 112 cm³/mol. The van der Waals surface area contributed by atoms with E-state index in [1.54, 1.807) is 6.07 Å². The molecule has 1 heteroatoms. The maximum atomic E-state index is 9.68. The van der Waals surface area contributed by atoms with Gasteiger partial charge >= 0.3 is 0 Å². The molecule has 1 rings (SSSR count). The highest BCUT2D eigenvalue weighted by Gasteiger charge is 1.95. The van der Waals surface area contributed by atoms with Crippen LogP contribution in [0, 0.1) is 0 Å². The van der Waals surface area contributed by atoms with Gasteiger partial charge in [0.1, 0.15) is 5.75 Å². The smallest absolute Gasteiger partial charge is 0.122 e. The van der Waals surface area contributed by atoms with Crippen LogP contribution in [0.3, 0.4) is 0 Å². The molecule has 0 aliphatic heterocycles. The van der Waals surface area contributed by atoms with Gasteiger partial charge in [0.15, 0.2) is 0 Å². The molecule has 0 unspecified atom stereocenters. The van der Waals surface area contributed by atoms with E-state index in [1.807, 2.05) is 24.3 Å². The standard InChI is InChI=1S/C24H40O/c1-2-3-4-5-6-7-8-9-10-11-12-13-14-15-16-17-20-23-21-18-19-22-24(23)25/h17-22,25H,2-16H2,1H3/b20-17+. The molecule has 25 heavy (non-hydrogen) atoms. The molecule has 1 aromatic carbocycles. The molecule has 0 spiro atoms. The summed E-state index contributed by atoms with van der Waals surface area (Å²) < 4.78 is 0. The van der Waals surface area contributed by atoms with Crippen molar-refractivity contribution in [2.75, 3.05) is 0 Å². The first-order chi connectivity index (χ1) is 12.3. The molecule has 0 bridgehead atoms. The van der Waals surface area contributed by atoms with Crippen LogP contribution in [0.25, 0.3) is 6.08 Å². The summed E-state index contributed by atoms with van der Waals surface area (Å²) >= 11 is 0. The molecular weight excluding hydrogens is 304 g/mol. The van der Waals surface area contributed by atoms with Gasteiger partial charge in [-0.1, -0.05) is 121 Å². The normalized spacial score (nSPS) is 11.4. The molecule has 0 fully saturated rings. The number of unbranched alkanes of at least 4 members (excludes halogenated alkanes) is 14. The molecule has 0 radical (unpaired) electrons. The van der Waals surface area contributed by atoms with E-state index in [4.69, 9.17) is 0 Å². The Morgan fingerprint density at radius 3 is 1.68 bits per heavy atom. The molecule has 142 valence electrons. The van der Waals surface area contributed by atoms with Crippen LogP contribution in [0.1, 0.15) is 109 Å². The van der Waals surface area contributed by atoms with Gasteiger partial charge in [0.25, 0.3) is 0 Å². The summed E-state index contributed by atoms with van der Waals surface area (Å²) in [7, 11) is 0. The number of aromatic hydroxyl groups is 1. The van der Waals surface area contributed by atoms with E-state index < -0.39 is 0 Å². The summed E-state index contributed by atoms with van der Waals surface area (Å²) in [6, 6.07) is 7.52. The number of hydrogen-bond donors (Lipinski definition) is 1. The first-order valence-electron chi connectivity index (χ1n) is 10.8. The lowest BCUT2D eigenvalue weighted by Crippen LogP contribution is -1.83. The van der Waals surface area contributed by atoms with E-state index in [0.717, 1.165) is 12.0 Å². The number of rotatable bonds is 16. The summed E-state index contributed by atoms with van der Waals surface area (Å²) in [6.07, 6.45) is 25.0. The fourth-order valence-electron chi connectivity index (χ4n) is 3.30.